The molecule has 1 aromatic rings. The normalized spacial score (nSPS) is 9.83. The van der Waals surface area contributed by atoms with Gasteiger partial charge in [0.25, 0.3) is 5.69 Å². The van der Waals surface area contributed by atoms with Gasteiger partial charge in [-0.2, -0.15) is 0 Å². The van der Waals surface area contributed by atoms with Crippen LogP contribution >= 0.6 is 23.8 Å². The molecule has 2 N–H and O–H groups in total. The number of nitro groups is 1. The predicted octanol–water partition coefficient (Wildman–Crippen LogP) is 2.40. The molecular weight excluding hydrogens is 346 g/mol. The fourth-order valence-corrected chi connectivity index (χ4v) is 1.94. The quantitative estimate of drug-likeness (QED) is 0.347. The van der Waals surface area contributed by atoms with Gasteiger partial charge in [-0.25, -0.2) is 0 Å². The van der Waals surface area contributed by atoms with Crippen LogP contribution in [-0.4, -0.2) is 28.5 Å². The van der Waals surface area contributed by atoms with Crippen LogP contribution < -0.4 is 10.6 Å². The highest BCUT2D eigenvalue weighted by Gasteiger charge is 2.16. The Labute approximate surface area is 142 Å². The number of hydrogen-bond acceptors (Lipinski definition) is 6. The molecule has 0 unspecified atom stereocenters. The summed E-state index contributed by atoms with van der Waals surface area (Å²) in [5.74, 6) is -0.998. The molecule has 0 fully saturated rings. The highest BCUT2D eigenvalue weighted by molar-refractivity contribution is 7.80. The van der Waals surface area contributed by atoms with Gasteiger partial charge in [-0.05, 0) is 31.3 Å². The van der Waals surface area contributed by atoms with Gasteiger partial charge in [-0.3, -0.25) is 19.7 Å². The van der Waals surface area contributed by atoms with Gasteiger partial charge in [0.15, 0.2) is 5.11 Å². The largest absolute Gasteiger partial charge is 0.466 e. The molecule has 0 aliphatic carbocycles. The van der Waals surface area contributed by atoms with Crippen molar-refractivity contribution in [2.45, 2.75) is 19.8 Å². The van der Waals surface area contributed by atoms with Crippen molar-refractivity contribution in [3.8, 4) is 0 Å². The van der Waals surface area contributed by atoms with Crippen LogP contribution in [0.2, 0.25) is 5.02 Å². The minimum Gasteiger partial charge on any atom is -0.466 e. The lowest BCUT2D eigenvalue weighted by atomic mass is 10.2. The Kier molecular flexibility index (Phi) is 7.36. The van der Waals surface area contributed by atoms with E-state index in [2.05, 4.69) is 10.6 Å². The number of rotatable bonds is 6. The van der Waals surface area contributed by atoms with Crippen LogP contribution in [0.1, 0.15) is 19.8 Å². The molecule has 0 aliphatic heterocycles. The summed E-state index contributed by atoms with van der Waals surface area (Å²) in [6.45, 7) is 1.90. The minimum absolute atomic E-state index is 0.0800. The fraction of sp³-hybridized carbons (Fsp3) is 0.308. The van der Waals surface area contributed by atoms with Crippen LogP contribution in [0.25, 0.3) is 0 Å². The second-order valence-corrected chi connectivity index (χ2v) is 5.07. The predicted molar refractivity (Wildman–Crippen MR) is 88.3 cm³/mol. The van der Waals surface area contributed by atoms with E-state index in [-0.39, 0.29) is 41.0 Å². The molecule has 8 nitrogen and oxygen atoms in total. The Hall–Kier alpha value is -2.26. The first-order valence-corrected chi connectivity index (χ1v) is 7.32. The molecule has 23 heavy (non-hydrogen) atoms. The summed E-state index contributed by atoms with van der Waals surface area (Å²) in [6.07, 6.45) is -0.188. The molecule has 0 spiro atoms. The van der Waals surface area contributed by atoms with Gasteiger partial charge >= 0.3 is 5.97 Å². The number of nitrogens with zero attached hydrogens (tertiary/aromatic N) is 1. The van der Waals surface area contributed by atoms with Gasteiger partial charge in [-0.15, -0.1) is 0 Å². The molecular formula is C13H14ClN3O5S. The number of esters is 1. The number of anilines is 1. The Morgan fingerprint density at radius 1 is 1.39 bits per heavy atom. The van der Waals surface area contributed by atoms with E-state index in [1.54, 1.807) is 6.92 Å². The standard InChI is InChI=1S/C13H14ClN3O5S/c1-2-22-12(19)6-5-11(18)16-13(23)15-9-4-3-8(14)7-10(9)17(20)21/h3-4,7H,2,5-6H2,1H3,(H2,15,16,18,23). The fourth-order valence-electron chi connectivity index (χ4n) is 1.55. The van der Waals surface area contributed by atoms with Gasteiger partial charge in [0.1, 0.15) is 5.69 Å². The number of benzene rings is 1. The smallest absolute Gasteiger partial charge is 0.306 e. The summed E-state index contributed by atoms with van der Waals surface area (Å²) in [7, 11) is 0. The lowest BCUT2D eigenvalue weighted by Gasteiger charge is -2.10. The van der Waals surface area contributed by atoms with Crippen molar-refractivity contribution in [1.82, 2.24) is 5.32 Å². The van der Waals surface area contributed by atoms with E-state index in [1.807, 2.05) is 0 Å². The summed E-state index contributed by atoms with van der Waals surface area (Å²) in [5, 5.41) is 15.9. The third-order valence-corrected chi connectivity index (χ3v) is 2.96. The van der Waals surface area contributed by atoms with E-state index in [1.165, 1.54) is 12.1 Å². The second kappa shape index (κ2) is 9.01. The Balaban J connectivity index is 2.58. The molecule has 0 radical (unpaired) electrons. The molecule has 1 amide bonds. The van der Waals surface area contributed by atoms with Gasteiger partial charge in [0.05, 0.1) is 18.0 Å². The van der Waals surface area contributed by atoms with Gasteiger partial charge in [0, 0.05) is 17.5 Å². The first kappa shape index (κ1) is 18.8. The van der Waals surface area contributed by atoms with Crippen LogP contribution in [0.5, 0.6) is 0 Å². The number of carbonyl (C=O) groups is 2. The third kappa shape index (κ3) is 6.57. The monoisotopic (exact) mass is 359 g/mol. The summed E-state index contributed by atoms with van der Waals surface area (Å²) < 4.78 is 4.69. The lowest BCUT2D eigenvalue weighted by molar-refractivity contribution is -0.383. The Morgan fingerprint density at radius 3 is 2.70 bits per heavy atom. The highest BCUT2D eigenvalue weighted by atomic mass is 35.5. The van der Waals surface area contributed by atoms with Crippen molar-refractivity contribution in [2.75, 3.05) is 11.9 Å². The maximum atomic E-state index is 11.6. The van der Waals surface area contributed by atoms with Crippen LogP contribution in [0.4, 0.5) is 11.4 Å². The van der Waals surface area contributed by atoms with Gasteiger partial charge in [-0.1, -0.05) is 11.6 Å². The maximum Gasteiger partial charge on any atom is 0.306 e. The molecule has 0 saturated carbocycles. The zero-order valence-corrected chi connectivity index (χ0v) is 13.7. The van der Waals surface area contributed by atoms with Crippen LogP contribution in [0, 0.1) is 10.1 Å². The number of amides is 1. The Bertz CT molecular complexity index is 638. The number of nitro benzene ring substituents is 1. The van der Waals surface area contributed by atoms with E-state index in [0.717, 1.165) is 6.07 Å². The minimum atomic E-state index is -0.626. The molecule has 0 bridgehead atoms. The molecule has 124 valence electrons. The van der Waals surface area contributed by atoms with E-state index in [9.17, 15) is 19.7 Å². The summed E-state index contributed by atoms with van der Waals surface area (Å²) in [6, 6.07) is 3.98. The van der Waals surface area contributed by atoms with Crippen molar-refractivity contribution in [2.24, 2.45) is 0 Å². The van der Waals surface area contributed by atoms with Crippen molar-refractivity contribution >= 4 is 52.2 Å². The number of carbonyl (C=O) groups excluding carboxylic acids is 2. The summed E-state index contributed by atoms with van der Waals surface area (Å²) in [5.41, 5.74) is -0.185. The summed E-state index contributed by atoms with van der Waals surface area (Å²) in [4.78, 5) is 33.1. The SMILES string of the molecule is CCOC(=O)CCC(=O)NC(=S)Nc1ccc(Cl)cc1[N+](=O)[O-]. The van der Waals surface area contributed by atoms with E-state index in [4.69, 9.17) is 28.6 Å². The number of halogens is 1. The highest BCUT2D eigenvalue weighted by Crippen LogP contribution is 2.27. The van der Waals surface area contributed by atoms with Crippen molar-refractivity contribution in [3.05, 3.63) is 33.3 Å². The first-order valence-electron chi connectivity index (χ1n) is 6.54. The van der Waals surface area contributed by atoms with E-state index < -0.39 is 16.8 Å². The number of nitrogens with one attached hydrogen (secondary N) is 2. The van der Waals surface area contributed by atoms with Crippen molar-refractivity contribution in [1.29, 1.82) is 0 Å². The maximum absolute atomic E-state index is 11.6. The molecule has 0 heterocycles. The topological polar surface area (TPSA) is 111 Å². The number of hydrogen-bond donors (Lipinski definition) is 2. The van der Waals surface area contributed by atoms with Crippen LogP contribution in [0.15, 0.2) is 18.2 Å². The van der Waals surface area contributed by atoms with E-state index >= 15 is 0 Å². The van der Waals surface area contributed by atoms with Crippen molar-refractivity contribution < 1.29 is 19.2 Å². The average molecular weight is 360 g/mol. The third-order valence-electron chi connectivity index (χ3n) is 2.52. The number of ether oxygens (including phenoxy) is 1. The molecule has 1 aromatic carbocycles. The van der Waals surface area contributed by atoms with Gasteiger partial charge in [0.2, 0.25) is 5.91 Å². The molecule has 0 atom stereocenters. The van der Waals surface area contributed by atoms with Crippen molar-refractivity contribution in [3.63, 3.8) is 0 Å². The molecule has 0 aromatic heterocycles. The van der Waals surface area contributed by atoms with Crippen LogP contribution in [-0.2, 0) is 14.3 Å². The second-order valence-electron chi connectivity index (χ2n) is 4.23. The molecule has 0 aliphatic rings. The van der Waals surface area contributed by atoms with Crippen LogP contribution in [0.3, 0.4) is 0 Å². The summed E-state index contributed by atoms with van der Waals surface area (Å²) >= 11 is 10.6. The zero-order valence-electron chi connectivity index (χ0n) is 12.1. The lowest BCUT2D eigenvalue weighted by Crippen LogP contribution is -2.34. The Morgan fingerprint density at radius 2 is 2.09 bits per heavy atom. The number of thiocarbonyl (C=S) groups is 1. The molecule has 10 heteroatoms. The zero-order chi connectivity index (χ0) is 17.4. The first-order chi connectivity index (χ1) is 10.8. The molecule has 1 rings (SSSR count). The average Bonchev–Trinajstić information content (AvgIpc) is 2.47. The van der Waals surface area contributed by atoms with E-state index in [0.29, 0.717) is 0 Å². The molecule has 0 saturated heterocycles. The van der Waals surface area contributed by atoms with Gasteiger partial charge < -0.3 is 15.4 Å².